The van der Waals surface area contributed by atoms with E-state index in [0.29, 0.717) is 11.4 Å². The summed E-state index contributed by atoms with van der Waals surface area (Å²) in [5.41, 5.74) is 0.658. The van der Waals surface area contributed by atoms with E-state index in [1.807, 2.05) is 39.8 Å². The first-order valence-electron chi connectivity index (χ1n) is 6.71. The van der Waals surface area contributed by atoms with Crippen molar-refractivity contribution in [3.63, 3.8) is 0 Å². The summed E-state index contributed by atoms with van der Waals surface area (Å²) in [5.74, 6) is 0.481. The maximum atomic E-state index is 11.4. The normalized spacial score (nSPS) is 23.0. The summed E-state index contributed by atoms with van der Waals surface area (Å²) >= 11 is 0. The van der Waals surface area contributed by atoms with Crippen LogP contribution in [0.5, 0.6) is 5.75 Å². The van der Waals surface area contributed by atoms with Crippen LogP contribution in [-0.2, 0) is 14.1 Å². The molecule has 0 aromatic heterocycles. The van der Waals surface area contributed by atoms with Crippen LogP contribution in [0.15, 0.2) is 18.2 Å². The zero-order valence-corrected chi connectivity index (χ0v) is 12.1. The van der Waals surface area contributed by atoms with Gasteiger partial charge in [-0.15, -0.1) is 0 Å². The van der Waals surface area contributed by atoms with Crippen LogP contribution in [0, 0.1) is 0 Å². The number of ether oxygens (including phenoxy) is 1. The molecule has 0 radical (unpaired) electrons. The number of anilines is 1. The van der Waals surface area contributed by atoms with E-state index >= 15 is 0 Å². The van der Waals surface area contributed by atoms with E-state index in [0.717, 1.165) is 5.46 Å². The molecular formula is C14H18BNO4. The Morgan fingerprint density at radius 2 is 1.80 bits per heavy atom. The van der Waals surface area contributed by atoms with E-state index in [1.54, 1.807) is 6.07 Å². The molecule has 5 nitrogen and oxygen atoms in total. The first-order chi connectivity index (χ1) is 9.30. The molecule has 0 spiro atoms. The van der Waals surface area contributed by atoms with Crippen LogP contribution in [0.2, 0.25) is 0 Å². The van der Waals surface area contributed by atoms with E-state index in [1.165, 1.54) is 0 Å². The van der Waals surface area contributed by atoms with E-state index in [-0.39, 0.29) is 12.5 Å². The second-order valence-electron chi connectivity index (χ2n) is 6.15. The van der Waals surface area contributed by atoms with Gasteiger partial charge in [-0.05, 0) is 33.8 Å². The minimum atomic E-state index is -0.495. The molecule has 2 aliphatic heterocycles. The van der Waals surface area contributed by atoms with Gasteiger partial charge in [-0.3, -0.25) is 4.79 Å². The lowest BCUT2D eigenvalue weighted by Crippen LogP contribution is -2.41. The topological polar surface area (TPSA) is 56.8 Å². The molecule has 106 valence electrons. The Labute approximate surface area is 118 Å². The number of amides is 1. The van der Waals surface area contributed by atoms with Gasteiger partial charge in [-0.25, -0.2) is 0 Å². The summed E-state index contributed by atoms with van der Waals surface area (Å²) in [6.45, 7) is 8.04. The third kappa shape index (κ3) is 1.99. The van der Waals surface area contributed by atoms with E-state index < -0.39 is 18.3 Å². The molecule has 20 heavy (non-hydrogen) atoms. The van der Waals surface area contributed by atoms with Crippen molar-refractivity contribution in [2.24, 2.45) is 0 Å². The SMILES string of the molecule is CC1(C)OB(c2cccc3c2OCC(=O)N3)OC1(C)C. The first-order valence-corrected chi connectivity index (χ1v) is 6.71. The number of nitrogens with one attached hydrogen (secondary N) is 1. The van der Waals surface area contributed by atoms with Gasteiger partial charge in [0.05, 0.1) is 16.9 Å². The molecule has 2 heterocycles. The van der Waals surface area contributed by atoms with Crippen molar-refractivity contribution in [2.45, 2.75) is 38.9 Å². The predicted octanol–water partition coefficient (Wildman–Crippen LogP) is 1.32. The first kappa shape index (κ1) is 13.5. The highest BCUT2D eigenvalue weighted by molar-refractivity contribution is 6.63. The Balaban J connectivity index is 1.97. The highest BCUT2D eigenvalue weighted by atomic mass is 16.7. The Morgan fingerprint density at radius 1 is 1.15 bits per heavy atom. The molecule has 0 atom stereocenters. The van der Waals surface area contributed by atoms with Crippen LogP contribution in [0.1, 0.15) is 27.7 Å². The highest BCUT2D eigenvalue weighted by Crippen LogP contribution is 2.38. The van der Waals surface area contributed by atoms with Crippen molar-refractivity contribution in [3.8, 4) is 5.75 Å². The molecule has 1 amide bonds. The standard InChI is InChI=1S/C14H18BNO4/c1-13(2)14(3,4)20-15(19-13)9-6-5-7-10-12(9)18-8-11(17)16-10/h5-7H,8H2,1-4H3,(H,16,17). The maximum Gasteiger partial charge on any atom is 0.498 e. The summed E-state index contributed by atoms with van der Waals surface area (Å²) in [6, 6.07) is 5.56. The molecule has 0 unspecified atom stereocenters. The van der Waals surface area contributed by atoms with Crippen LogP contribution in [0.4, 0.5) is 5.69 Å². The van der Waals surface area contributed by atoms with E-state index in [4.69, 9.17) is 14.0 Å². The van der Waals surface area contributed by atoms with Crippen molar-refractivity contribution in [1.82, 2.24) is 0 Å². The zero-order valence-electron chi connectivity index (χ0n) is 12.1. The largest absolute Gasteiger partial charge is 0.498 e. The molecule has 0 bridgehead atoms. The summed E-state index contributed by atoms with van der Waals surface area (Å²) in [7, 11) is -0.495. The third-order valence-electron chi connectivity index (χ3n) is 4.17. The lowest BCUT2D eigenvalue weighted by Gasteiger charge is -2.32. The Kier molecular flexibility index (Phi) is 2.85. The average Bonchev–Trinajstić information content (AvgIpc) is 2.57. The van der Waals surface area contributed by atoms with Gasteiger partial charge in [0.15, 0.2) is 6.61 Å². The molecule has 1 aromatic carbocycles. The van der Waals surface area contributed by atoms with Crippen molar-refractivity contribution in [1.29, 1.82) is 0 Å². The molecular weight excluding hydrogens is 257 g/mol. The van der Waals surface area contributed by atoms with Gasteiger partial charge in [0.25, 0.3) is 5.91 Å². The number of carbonyl (C=O) groups excluding carboxylic acids is 1. The number of rotatable bonds is 1. The molecule has 1 fully saturated rings. The minimum absolute atomic E-state index is 0.0174. The van der Waals surface area contributed by atoms with E-state index in [9.17, 15) is 4.79 Å². The van der Waals surface area contributed by atoms with Crippen LogP contribution in [-0.4, -0.2) is 30.8 Å². The molecule has 0 saturated carbocycles. The molecule has 2 aliphatic rings. The predicted molar refractivity (Wildman–Crippen MR) is 76.3 cm³/mol. The van der Waals surface area contributed by atoms with Crippen molar-refractivity contribution >= 4 is 24.2 Å². The van der Waals surface area contributed by atoms with Crippen LogP contribution in [0.25, 0.3) is 0 Å². The van der Waals surface area contributed by atoms with Crippen LogP contribution in [0.3, 0.4) is 0 Å². The summed E-state index contributed by atoms with van der Waals surface area (Å²) in [4.78, 5) is 11.4. The fraction of sp³-hybridized carbons (Fsp3) is 0.500. The minimum Gasteiger partial charge on any atom is -0.482 e. The lowest BCUT2D eigenvalue weighted by molar-refractivity contribution is -0.118. The van der Waals surface area contributed by atoms with Crippen molar-refractivity contribution in [2.75, 3.05) is 11.9 Å². The average molecular weight is 275 g/mol. The van der Waals surface area contributed by atoms with E-state index in [2.05, 4.69) is 5.32 Å². The summed E-state index contributed by atoms with van der Waals surface area (Å²) < 4.78 is 17.6. The second-order valence-corrected chi connectivity index (χ2v) is 6.15. The number of benzene rings is 1. The van der Waals surface area contributed by atoms with Gasteiger partial charge < -0.3 is 19.4 Å². The number of carbonyl (C=O) groups is 1. The second kappa shape index (κ2) is 4.23. The lowest BCUT2D eigenvalue weighted by atomic mass is 9.78. The third-order valence-corrected chi connectivity index (χ3v) is 4.17. The fourth-order valence-corrected chi connectivity index (χ4v) is 2.29. The summed E-state index contributed by atoms with van der Waals surface area (Å²) in [6.07, 6.45) is 0. The van der Waals surface area contributed by atoms with Gasteiger partial charge in [0.2, 0.25) is 0 Å². The maximum absolute atomic E-state index is 11.4. The number of para-hydroxylation sites is 1. The monoisotopic (exact) mass is 275 g/mol. The number of fused-ring (bicyclic) bond motifs is 1. The van der Waals surface area contributed by atoms with Gasteiger partial charge in [-0.2, -0.15) is 0 Å². The highest BCUT2D eigenvalue weighted by Gasteiger charge is 2.52. The molecule has 1 aromatic rings. The van der Waals surface area contributed by atoms with Crippen LogP contribution >= 0.6 is 0 Å². The molecule has 1 saturated heterocycles. The Morgan fingerprint density at radius 3 is 2.45 bits per heavy atom. The Hall–Kier alpha value is -1.53. The molecule has 0 aliphatic carbocycles. The van der Waals surface area contributed by atoms with Gasteiger partial charge >= 0.3 is 7.12 Å². The number of hydrogen-bond acceptors (Lipinski definition) is 4. The zero-order chi connectivity index (χ0) is 14.5. The van der Waals surface area contributed by atoms with Crippen molar-refractivity contribution in [3.05, 3.63) is 18.2 Å². The fourth-order valence-electron chi connectivity index (χ4n) is 2.29. The van der Waals surface area contributed by atoms with Crippen molar-refractivity contribution < 1.29 is 18.8 Å². The molecule has 6 heteroatoms. The molecule has 1 N–H and O–H groups in total. The Bertz CT molecular complexity index is 554. The smallest absolute Gasteiger partial charge is 0.482 e. The number of hydrogen-bond donors (Lipinski definition) is 1. The van der Waals surface area contributed by atoms with Gasteiger partial charge in [0.1, 0.15) is 5.75 Å². The molecule has 3 rings (SSSR count). The van der Waals surface area contributed by atoms with Gasteiger partial charge in [-0.1, -0.05) is 12.1 Å². The quantitative estimate of drug-likeness (QED) is 0.785. The van der Waals surface area contributed by atoms with Gasteiger partial charge in [0, 0.05) is 5.46 Å². The summed E-state index contributed by atoms with van der Waals surface area (Å²) in [5, 5.41) is 2.79. The van der Waals surface area contributed by atoms with Crippen LogP contribution < -0.4 is 15.5 Å².